The Labute approximate surface area is 195 Å². The van der Waals surface area contributed by atoms with E-state index in [1.54, 1.807) is 18.2 Å². The van der Waals surface area contributed by atoms with Gasteiger partial charge < -0.3 is 10.1 Å². The van der Waals surface area contributed by atoms with Crippen LogP contribution in [0.1, 0.15) is 36.7 Å². The van der Waals surface area contributed by atoms with Gasteiger partial charge in [0, 0.05) is 36.9 Å². The van der Waals surface area contributed by atoms with E-state index in [0.717, 1.165) is 18.7 Å². The zero-order valence-electron chi connectivity index (χ0n) is 18.7. The molecular weight excluding hydrogens is 450 g/mol. The molecule has 0 saturated carbocycles. The van der Waals surface area contributed by atoms with Crippen LogP contribution in [0.2, 0.25) is 5.02 Å². The number of hydrogen-bond donors (Lipinski definition) is 1. The maximum absolute atomic E-state index is 13.0. The SMILES string of the molecule is CCN(Cc1ccc(C(=O)Nc2ccc(Cl)c(S(=O)(=O)N3CCOCC3)c2)cc1)C(C)C. The lowest BCUT2D eigenvalue weighted by Crippen LogP contribution is -2.40. The van der Waals surface area contributed by atoms with E-state index in [0.29, 0.717) is 30.5 Å². The number of nitrogens with zero attached hydrogens (tertiary/aromatic N) is 2. The Morgan fingerprint density at radius 2 is 1.81 bits per heavy atom. The van der Waals surface area contributed by atoms with E-state index >= 15 is 0 Å². The van der Waals surface area contributed by atoms with E-state index in [4.69, 9.17) is 16.3 Å². The van der Waals surface area contributed by atoms with Gasteiger partial charge in [0.05, 0.1) is 18.2 Å². The molecule has 1 aliphatic rings. The number of amides is 1. The fraction of sp³-hybridized carbons (Fsp3) is 0.435. The predicted molar refractivity (Wildman–Crippen MR) is 127 cm³/mol. The minimum atomic E-state index is -3.78. The van der Waals surface area contributed by atoms with Crippen molar-refractivity contribution in [3.63, 3.8) is 0 Å². The Kier molecular flexibility index (Phi) is 8.30. The summed E-state index contributed by atoms with van der Waals surface area (Å²) >= 11 is 6.19. The summed E-state index contributed by atoms with van der Waals surface area (Å²) < 4.78 is 32.5. The van der Waals surface area contributed by atoms with Crippen LogP contribution < -0.4 is 5.32 Å². The second kappa shape index (κ2) is 10.8. The third kappa shape index (κ3) is 5.88. The average molecular weight is 480 g/mol. The summed E-state index contributed by atoms with van der Waals surface area (Å²) in [5, 5.41) is 2.89. The topological polar surface area (TPSA) is 79.0 Å². The highest BCUT2D eigenvalue weighted by atomic mass is 35.5. The lowest BCUT2D eigenvalue weighted by Gasteiger charge is -2.26. The largest absolute Gasteiger partial charge is 0.379 e. The fourth-order valence-corrected chi connectivity index (χ4v) is 5.47. The summed E-state index contributed by atoms with van der Waals surface area (Å²) in [5.41, 5.74) is 1.99. The lowest BCUT2D eigenvalue weighted by molar-refractivity contribution is 0.0730. The van der Waals surface area contributed by atoms with Gasteiger partial charge >= 0.3 is 0 Å². The number of nitrogens with one attached hydrogen (secondary N) is 1. The van der Waals surface area contributed by atoms with Gasteiger partial charge in [0.15, 0.2) is 0 Å². The molecule has 9 heteroatoms. The molecule has 1 heterocycles. The van der Waals surface area contributed by atoms with Crippen molar-refractivity contribution in [2.75, 3.05) is 38.2 Å². The number of carbonyl (C=O) groups excluding carboxylic acids is 1. The molecule has 32 heavy (non-hydrogen) atoms. The van der Waals surface area contributed by atoms with Crippen LogP contribution in [0.4, 0.5) is 5.69 Å². The molecule has 2 aromatic carbocycles. The Hall–Kier alpha value is -1.97. The summed E-state index contributed by atoms with van der Waals surface area (Å²) in [4.78, 5) is 15.0. The van der Waals surface area contributed by atoms with Gasteiger partial charge in [-0.1, -0.05) is 30.7 Å². The highest BCUT2D eigenvalue weighted by molar-refractivity contribution is 7.89. The smallest absolute Gasteiger partial charge is 0.255 e. The molecule has 1 aliphatic heterocycles. The summed E-state index contributed by atoms with van der Waals surface area (Å²) in [6.07, 6.45) is 0. The number of benzene rings is 2. The minimum Gasteiger partial charge on any atom is -0.379 e. The number of rotatable bonds is 8. The van der Waals surface area contributed by atoms with Crippen LogP contribution in [-0.4, -0.2) is 62.4 Å². The van der Waals surface area contributed by atoms with E-state index < -0.39 is 10.0 Å². The number of ether oxygens (including phenoxy) is 1. The van der Waals surface area contributed by atoms with Crippen LogP contribution in [0.25, 0.3) is 0 Å². The van der Waals surface area contributed by atoms with Gasteiger partial charge in [0.1, 0.15) is 4.90 Å². The van der Waals surface area contributed by atoms with Crippen LogP contribution in [0.3, 0.4) is 0 Å². The van der Waals surface area contributed by atoms with E-state index in [1.165, 1.54) is 16.4 Å². The predicted octanol–water partition coefficient (Wildman–Crippen LogP) is 3.84. The first-order valence-corrected chi connectivity index (χ1v) is 12.6. The molecule has 0 aliphatic carbocycles. The number of halogens is 1. The summed E-state index contributed by atoms with van der Waals surface area (Å²) in [6.45, 7) is 9.44. The Morgan fingerprint density at radius 1 is 1.16 bits per heavy atom. The monoisotopic (exact) mass is 479 g/mol. The molecule has 1 saturated heterocycles. The van der Waals surface area contributed by atoms with Gasteiger partial charge in [-0.3, -0.25) is 9.69 Å². The Morgan fingerprint density at radius 3 is 2.41 bits per heavy atom. The van der Waals surface area contributed by atoms with Crippen molar-refractivity contribution in [3.8, 4) is 0 Å². The van der Waals surface area contributed by atoms with Gasteiger partial charge in [0.25, 0.3) is 5.91 Å². The Bertz CT molecular complexity index is 1040. The molecule has 1 fully saturated rings. The second-order valence-electron chi connectivity index (χ2n) is 7.97. The van der Waals surface area contributed by atoms with E-state index in [2.05, 4.69) is 31.0 Å². The highest BCUT2D eigenvalue weighted by Gasteiger charge is 2.28. The third-order valence-electron chi connectivity index (χ3n) is 5.52. The van der Waals surface area contributed by atoms with Crippen LogP contribution >= 0.6 is 11.6 Å². The van der Waals surface area contributed by atoms with Crippen LogP contribution in [0, 0.1) is 0 Å². The third-order valence-corrected chi connectivity index (χ3v) is 7.90. The van der Waals surface area contributed by atoms with Crippen molar-refractivity contribution < 1.29 is 17.9 Å². The molecule has 7 nitrogen and oxygen atoms in total. The molecule has 0 radical (unpaired) electrons. The zero-order valence-corrected chi connectivity index (χ0v) is 20.2. The molecule has 0 spiro atoms. The van der Waals surface area contributed by atoms with Crippen molar-refractivity contribution in [1.29, 1.82) is 0 Å². The maximum Gasteiger partial charge on any atom is 0.255 e. The number of carbonyl (C=O) groups is 1. The van der Waals surface area contributed by atoms with Crippen molar-refractivity contribution in [3.05, 3.63) is 58.6 Å². The standard InChI is InChI=1S/C23H30ClN3O4S/c1-4-26(17(2)3)16-18-5-7-19(8-6-18)23(28)25-20-9-10-21(24)22(15-20)32(29,30)27-11-13-31-14-12-27/h5-10,15,17H,4,11-14,16H2,1-3H3,(H,25,28). The van der Waals surface area contributed by atoms with Crippen molar-refractivity contribution in [2.24, 2.45) is 0 Å². The van der Waals surface area contributed by atoms with Crippen molar-refractivity contribution in [1.82, 2.24) is 9.21 Å². The summed E-state index contributed by atoms with van der Waals surface area (Å²) in [7, 11) is -3.78. The normalized spacial score (nSPS) is 15.3. The average Bonchev–Trinajstić information content (AvgIpc) is 2.79. The van der Waals surface area contributed by atoms with Crippen molar-refractivity contribution in [2.45, 2.75) is 38.3 Å². The second-order valence-corrected chi connectivity index (χ2v) is 10.3. The lowest BCUT2D eigenvalue weighted by atomic mass is 10.1. The number of sulfonamides is 1. The van der Waals surface area contributed by atoms with Gasteiger partial charge in [0.2, 0.25) is 10.0 Å². The van der Waals surface area contributed by atoms with Crippen molar-refractivity contribution >= 4 is 33.2 Å². The number of morpholine rings is 1. The van der Waals surface area contributed by atoms with Gasteiger partial charge in [-0.05, 0) is 56.3 Å². The van der Waals surface area contributed by atoms with Crippen LogP contribution in [-0.2, 0) is 21.3 Å². The van der Waals surface area contributed by atoms with E-state index in [-0.39, 0.29) is 28.9 Å². The summed E-state index contributed by atoms with van der Waals surface area (Å²) in [6, 6.07) is 12.4. The van der Waals surface area contributed by atoms with Gasteiger partial charge in [-0.2, -0.15) is 4.31 Å². The first kappa shape index (κ1) is 24.7. The number of hydrogen-bond acceptors (Lipinski definition) is 5. The van der Waals surface area contributed by atoms with Crippen LogP contribution in [0.15, 0.2) is 47.4 Å². The molecule has 2 aromatic rings. The zero-order chi connectivity index (χ0) is 23.3. The maximum atomic E-state index is 13.0. The van der Waals surface area contributed by atoms with Crippen LogP contribution in [0.5, 0.6) is 0 Å². The van der Waals surface area contributed by atoms with E-state index in [9.17, 15) is 13.2 Å². The minimum absolute atomic E-state index is 0.0254. The highest BCUT2D eigenvalue weighted by Crippen LogP contribution is 2.28. The summed E-state index contributed by atoms with van der Waals surface area (Å²) in [5.74, 6) is -0.315. The fourth-order valence-electron chi connectivity index (χ4n) is 3.56. The molecule has 174 valence electrons. The first-order chi connectivity index (χ1) is 15.2. The quantitative estimate of drug-likeness (QED) is 0.622. The van der Waals surface area contributed by atoms with E-state index in [1.807, 2.05) is 12.1 Å². The number of anilines is 1. The molecule has 0 unspecified atom stereocenters. The van der Waals surface area contributed by atoms with Gasteiger partial charge in [-0.15, -0.1) is 0 Å². The molecule has 0 atom stereocenters. The molecular formula is C23H30ClN3O4S. The molecule has 0 bridgehead atoms. The molecule has 3 rings (SSSR count). The Balaban J connectivity index is 1.73. The molecule has 0 aromatic heterocycles. The first-order valence-electron chi connectivity index (χ1n) is 10.7. The van der Waals surface area contributed by atoms with Gasteiger partial charge in [-0.25, -0.2) is 8.42 Å². The molecule has 1 N–H and O–H groups in total. The molecule has 1 amide bonds.